The van der Waals surface area contributed by atoms with E-state index in [9.17, 15) is 23.2 Å². The summed E-state index contributed by atoms with van der Waals surface area (Å²) in [4.78, 5) is 37.4. The van der Waals surface area contributed by atoms with Gasteiger partial charge in [-0.2, -0.15) is 8.78 Å². The fourth-order valence-corrected chi connectivity index (χ4v) is 2.84. The number of halogens is 2. The Morgan fingerprint density at radius 3 is 2.22 bits per heavy atom. The van der Waals surface area contributed by atoms with Crippen LogP contribution >= 0.6 is 0 Å². The molecule has 2 aromatic rings. The average molecular weight is 374 g/mol. The summed E-state index contributed by atoms with van der Waals surface area (Å²) in [6.45, 7) is -3.19. The molecule has 1 aliphatic heterocycles. The molecule has 0 saturated carbocycles. The molecule has 140 valence electrons. The number of nitrogens with one attached hydrogen (secondary N) is 1. The van der Waals surface area contributed by atoms with Gasteiger partial charge in [-0.15, -0.1) is 0 Å². The van der Waals surface area contributed by atoms with E-state index in [1.807, 2.05) is 0 Å². The molecule has 8 heteroatoms. The van der Waals surface area contributed by atoms with Crippen LogP contribution in [0.4, 0.5) is 8.78 Å². The van der Waals surface area contributed by atoms with Crippen molar-refractivity contribution >= 4 is 17.7 Å². The second-order valence-corrected chi connectivity index (χ2v) is 5.83. The van der Waals surface area contributed by atoms with Gasteiger partial charge in [0.15, 0.2) is 0 Å². The molecule has 0 aromatic heterocycles. The average Bonchev–Trinajstić information content (AvgIpc) is 2.88. The lowest BCUT2D eigenvalue weighted by molar-refractivity contribution is -0.121. The first-order valence-corrected chi connectivity index (χ1v) is 8.22. The van der Waals surface area contributed by atoms with Gasteiger partial charge in [0.2, 0.25) is 5.91 Å². The number of ether oxygens (including phenoxy) is 1. The van der Waals surface area contributed by atoms with Crippen molar-refractivity contribution < 1.29 is 27.9 Å². The number of fused-ring (bicyclic) bond motifs is 1. The Morgan fingerprint density at radius 1 is 1.00 bits per heavy atom. The summed E-state index contributed by atoms with van der Waals surface area (Å²) in [5.41, 5.74) is 1.06. The van der Waals surface area contributed by atoms with Crippen LogP contribution < -0.4 is 10.1 Å². The number of alkyl halides is 2. The van der Waals surface area contributed by atoms with Crippen LogP contribution in [0.2, 0.25) is 0 Å². The van der Waals surface area contributed by atoms with E-state index in [1.54, 1.807) is 30.3 Å². The number of amides is 3. The lowest BCUT2D eigenvalue weighted by Gasteiger charge is -2.14. The minimum Gasteiger partial charge on any atom is -0.435 e. The largest absolute Gasteiger partial charge is 0.435 e. The summed E-state index contributed by atoms with van der Waals surface area (Å²) in [6, 6.07) is 12.6. The molecule has 0 spiro atoms. The molecular weight excluding hydrogens is 358 g/mol. The highest BCUT2D eigenvalue weighted by atomic mass is 19.3. The number of carbonyl (C=O) groups excluding carboxylic acids is 3. The molecule has 0 radical (unpaired) electrons. The first-order valence-electron chi connectivity index (χ1n) is 8.22. The molecular formula is C19H16F2N2O4. The summed E-state index contributed by atoms with van der Waals surface area (Å²) in [5.74, 6) is -1.50. The zero-order valence-corrected chi connectivity index (χ0v) is 14.2. The zero-order valence-electron chi connectivity index (χ0n) is 14.2. The molecule has 27 heavy (non-hydrogen) atoms. The molecule has 0 aliphatic carbocycles. The summed E-state index contributed by atoms with van der Waals surface area (Å²) in [7, 11) is 0. The molecule has 0 bridgehead atoms. The maximum absolute atomic E-state index is 12.4. The monoisotopic (exact) mass is 374 g/mol. The van der Waals surface area contributed by atoms with E-state index < -0.39 is 30.9 Å². The third-order valence-electron chi connectivity index (χ3n) is 4.09. The molecule has 0 atom stereocenters. The Kier molecular flexibility index (Phi) is 5.44. The number of para-hydroxylation sites is 1. The third-order valence-corrected chi connectivity index (χ3v) is 4.09. The van der Waals surface area contributed by atoms with Crippen molar-refractivity contribution in [2.45, 2.75) is 13.0 Å². The molecule has 3 amide bonds. The van der Waals surface area contributed by atoms with Crippen molar-refractivity contribution in [3.63, 3.8) is 0 Å². The van der Waals surface area contributed by atoms with Gasteiger partial charge in [0, 0.05) is 6.54 Å². The number of benzene rings is 2. The summed E-state index contributed by atoms with van der Waals surface area (Å²) >= 11 is 0. The quantitative estimate of drug-likeness (QED) is 0.755. The number of hydrogen-bond donors (Lipinski definition) is 1. The standard InChI is InChI=1S/C19H16F2N2O4/c20-19(21)27-15-8-4-1-5-12(15)9-10-22-16(24)11-23-17(25)13-6-2-3-7-14(13)18(23)26/h1-8,19H,9-11H2,(H,22,24). The topological polar surface area (TPSA) is 75.7 Å². The van der Waals surface area contributed by atoms with Gasteiger partial charge in [0.05, 0.1) is 11.1 Å². The molecule has 1 N–H and O–H groups in total. The van der Waals surface area contributed by atoms with Crippen molar-refractivity contribution in [1.29, 1.82) is 0 Å². The highest BCUT2D eigenvalue weighted by Crippen LogP contribution is 2.22. The van der Waals surface area contributed by atoms with Crippen LogP contribution in [0.15, 0.2) is 48.5 Å². The molecule has 3 rings (SSSR count). The Morgan fingerprint density at radius 2 is 1.59 bits per heavy atom. The lowest BCUT2D eigenvalue weighted by Crippen LogP contribution is -2.40. The van der Waals surface area contributed by atoms with Gasteiger partial charge in [0.1, 0.15) is 12.3 Å². The predicted molar refractivity (Wildman–Crippen MR) is 91.6 cm³/mol. The second kappa shape index (κ2) is 7.94. The van der Waals surface area contributed by atoms with Gasteiger partial charge in [-0.1, -0.05) is 30.3 Å². The van der Waals surface area contributed by atoms with Crippen molar-refractivity contribution in [2.24, 2.45) is 0 Å². The highest BCUT2D eigenvalue weighted by molar-refractivity contribution is 6.22. The molecule has 1 heterocycles. The van der Waals surface area contributed by atoms with E-state index in [1.165, 1.54) is 18.2 Å². The van der Waals surface area contributed by atoms with E-state index in [0.717, 1.165) is 4.90 Å². The van der Waals surface area contributed by atoms with Gasteiger partial charge < -0.3 is 10.1 Å². The smallest absolute Gasteiger partial charge is 0.387 e. The fourth-order valence-electron chi connectivity index (χ4n) is 2.84. The maximum Gasteiger partial charge on any atom is 0.387 e. The Balaban J connectivity index is 1.54. The van der Waals surface area contributed by atoms with Gasteiger partial charge in [0.25, 0.3) is 11.8 Å². The molecule has 0 saturated heterocycles. The number of rotatable bonds is 7. The van der Waals surface area contributed by atoms with Crippen molar-refractivity contribution in [3.05, 3.63) is 65.2 Å². The van der Waals surface area contributed by atoms with Crippen LogP contribution in [0, 0.1) is 0 Å². The van der Waals surface area contributed by atoms with Crippen LogP contribution in [0.5, 0.6) is 5.75 Å². The van der Waals surface area contributed by atoms with Crippen LogP contribution in [-0.4, -0.2) is 42.3 Å². The van der Waals surface area contributed by atoms with Crippen molar-refractivity contribution in [2.75, 3.05) is 13.1 Å². The molecule has 1 aliphatic rings. The first kappa shape index (κ1) is 18.5. The number of carbonyl (C=O) groups is 3. The summed E-state index contributed by atoms with van der Waals surface area (Å²) in [6.07, 6.45) is 0.261. The number of nitrogens with zero attached hydrogens (tertiary/aromatic N) is 1. The summed E-state index contributed by atoms with van der Waals surface area (Å²) < 4.78 is 29.2. The Bertz CT molecular complexity index is 851. The van der Waals surface area contributed by atoms with E-state index >= 15 is 0 Å². The highest BCUT2D eigenvalue weighted by Gasteiger charge is 2.36. The van der Waals surface area contributed by atoms with Gasteiger partial charge in [-0.25, -0.2) is 0 Å². The van der Waals surface area contributed by atoms with Crippen LogP contribution in [-0.2, 0) is 11.2 Å². The van der Waals surface area contributed by atoms with Gasteiger partial charge in [-0.3, -0.25) is 19.3 Å². The van der Waals surface area contributed by atoms with Gasteiger partial charge in [-0.05, 0) is 30.2 Å². The van der Waals surface area contributed by atoms with E-state index in [0.29, 0.717) is 5.56 Å². The van der Waals surface area contributed by atoms with Gasteiger partial charge >= 0.3 is 6.61 Å². The number of imide groups is 1. The first-order chi connectivity index (χ1) is 13.0. The third kappa shape index (κ3) is 4.11. The Labute approximate surface area is 153 Å². The normalized spacial score (nSPS) is 13.1. The summed E-state index contributed by atoms with van der Waals surface area (Å²) in [5, 5.41) is 2.58. The van der Waals surface area contributed by atoms with Crippen molar-refractivity contribution in [3.8, 4) is 5.75 Å². The SMILES string of the molecule is O=C(CN1C(=O)c2ccccc2C1=O)NCCc1ccccc1OC(F)F. The fraction of sp³-hybridized carbons (Fsp3) is 0.211. The van der Waals surface area contributed by atoms with E-state index in [4.69, 9.17) is 0 Å². The Hall–Kier alpha value is -3.29. The molecule has 0 fully saturated rings. The minimum atomic E-state index is -2.94. The maximum atomic E-state index is 12.4. The van der Waals surface area contributed by atoms with E-state index in [2.05, 4.69) is 10.1 Å². The lowest BCUT2D eigenvalue weighted by atomic mass is 10.1. The molecule has 2 aromatic carbocycles. The van der Waals surface area contributed by atoms with Crippen molar-refractivity contribution in [1.82, 2.24) is 10.2 Å². The van der Waals surface area contributed by atoms with Crippen LogP contribution in [0.1, 0.15) is 26.3 Å². The second-order valence-electron chi connectivity index (χ2n) is 5.83. The van der Waals surface area contributed by atoms with E-state index in [-0.39, 0.29) is 29.8 Å². The van der Waals surface area contributed by atoms with Crippen LogP contribution in [0.3, 0.4) is 0 Å². The van der Waals surface area contributed by atoms with Crippen LogP contribution in [0.25, 0.3) is 0 Å². The molecule has 0 unspecified atom stereocenters. The number of hydrogen-bond acceptors (Lipinski definition) is 4. The zero-order chi connectivity index (χ0) is 19.4. The minimum absolute atomic E-state index is 0.0436. The predicted octanol–water partition coefficient (Wildman–Crippen LogP) is 2.24. The molecule has 6 nitrogen and oxygen atoms in total.